The molecule has 2 rings (SSSR count). The normalized spacial score (nSPS) is 18.6. The lowest BCUT2D eigenvalue weighted by Crippen LogP contribution is -2.47. The van der Waals surface area contributed by atoms with Crippen LogP contribution in [0.25, 0.3) is 0 Å². The largest absolute Gasteiger partial charge is 0.387 e. The molecule has 1 aliphatic rings. The molecule has 1 aromatic rings. The average molecular weight is 292 g/mol. The van der Waals surface area contributed by atoms with Crippen molar-refractivity contribution in [3.63, 3.8) is 0 Å². The number of hydrogen-bond acceptors (Lipinski definition) is 4. The highest BCUT2D eigenvalue weighted by atomic mass is 16.5. The van der Waals surface area contributed by atoms with Crippen LogP contribution in [-0.2, 0) is 9.53 Å². The van der Waals surface area contributed by atoms with E-state index in [0.29, 0.717) is 32.8 Å². The zero-order valence-corrected chi connectivity index (χ0v) is 12.7. The van der Waals surface area contributed by atoms with Gasteiger partial charge in [-0.05, 0) is 19.5 Å². The molecule has 2 atom stereocenters. The Bertz CT molecular complexity index is 446. The van der Waals surface area contributed by atoms with Gasteiger partial charge in [0.2, 0.25) is 5.91 Å². The van der Waals surface area contributed by atoms with Gasteiger partial charge in [-0.15, -0.1) is 0 Å². The summed E-state index contributed by atoms with van der Waals surface area (Å²) in [6, 6.07) is 9.41. The zero-order chi connectivity index (χ0) is 15.2. The van der Waals surface area contributed by atoms with Crippen LogP contribution in [0.1, 0.15) is 18.6 Å². The molecule has 116 valence electrons. The molecule has 0 radical (unpaired) electrons. The topological polar surface area (TPSA) is 53.0 Å². The fourth-order valence-electron chi connectivity index (χ4n) is 2.44. The Kier molecular flexibility index (Phi) is 5.73. The number of rotatable bonds is 5. The summed E-state index contributed by atoms with van der Waals surface area (Å²) in [6.45, 7) is 4.77. The lowest BCUT2D eigenvalue weighted by Gasteiger charge is -2.32. The van der Waals surface area contributed by atoms with Crippen molar-refractivity contribution in [1.82, 2.24) is 9.80 Å². The van der Waals surface area contributed by atoms with Crippen molar-refractivity contribution in [3.05, 3.63) is 35.9 Å². The average Bonchev–Trinajstić information content (AvgIpc) is 2.55. The molecule has 0 aliphatic carbocycles. The molecule has 21 heavy (non-hydrogen) atoms. The molecule has 1 fully saturated rings. The molecule has 0 spiro atoms. The number of aliphatic hydroxyl groups is 1. The maximum absolute atomic E-state index is 12.2. The Hall–Kier alpha value is -1.43. The van der Waals surface area contributed by atoms with Gasteiger partial charge >= 0.3 is 0 Å². The quantitative estimate of drug-likeness (QED) is 0.876. The molecule has 1 saturated heterocycles. The van der Waals surface area contributed by atoms with Crippen molar-refractivity contribution in [3.8, 4) is 0 Å². The third-order valence-corrected chi connectivity index (χ3v) is 4.04. The van der Waals surface area contributed by atoms with Crippen LogP contribution in [0, 0.1) is 0 Å². The number of nitrogens with zero attached hydrogens (tertiary/aromatic N) is 2. The molecule has 1 aliphatic heterocycles. The molecule has 0 saturated carbocycles. The smallest absolute Gasteiger partial charge is 0.236 e. The lowest BCUT2D eigenvalue weighted by molar-refractivity contribution is -0.137. The third kappa shape index (κ3) is 4.27. The maximum Gasteiger partial charge on any atom is 0.236 e. The fraction of sp³-hybridized carbons (Fsp3) is 0.562. The highest BCUT2D eigenvalue weighted by Crippen LogP contribution is 2.19. The molecule has 1 N–H and O–H groups in total. The highest BCUT2D eigenvalue weighted by Gasteiger charge is 2.24. The molecule has 0 bridgehead atoms. The fourth-order valence-corrected chi connectivity index (χ4v) is 2.44. The summed E-state index contributed by atoms with van der Waals surface area (Å²) < 4.78 is 5.25. The SMILES string of the molecule is CC(C(O)c1ccccc1)N(C)CC(=O)N1CCOCC1. The van der Waals surface area contributed by atoms with Gasteiger partial charge in [-0.3, -0.25) is 9.69 Å². The van der Waals surface area contributed by atoms with Gasteiger partial charge in [-0.25, -0.2) is 0 Å². The van der Waals surface area contributed by atoms with Gasteiger partial charge in [0, 0.05) is 19.1 Å². The van der Waals surface area contributed by atoms with Crippen LogP contribution in [0.2, 0.25) is 0 Å². The number of benzene rings is 1. The number of likely N-dealkylation sites (N-methyl/N-ethyl adjacent to an activating group) is 1. The summed E-state index contributed by atoms with van der Waals surface area (Å²) in [5, 5.41) is 10.4. The third-order valence-electron chi connectivity index (χ3n) is 4.04. The second-order valence-corrected chi connectivity index (χ2v) is 5.50. The van der Waals surface area contributed by atoms with Gasteiger partial charge in [0.1, 0.15) is 0 Å². The first-order valence-corrected chi connectivity index (χ1v) is 7.38. The Morgan fingerprint density at radius 2 is 1.95 bits per heavy atom. The van der Waals surface area contributed by atoms with Crippen molar-refractivity contribution in [2.45, 2.75) is 19.1 Å². The zero-order valence-electron chi connectivity index (χ0n) is 12.7. The van der Waals surface area contributed by atoms with Crippen LogP contribution in [0.4, 0.5) is 0 Å². The minimum absolute atomic E-state index is 0.0907. The summed E-state index contributed by atoms with van der Waals surface area (Å²) in [6.07, 6.45) is -0.603. The molecular weight excluding hydrogens is 268 g/mol. The Balaban J connectivity index is 1.89. The Labute approximate surface area is 126 Å². The van der Waals surface area contributed by atoms with Crippen LogP contribution >= 0.6 is 0 Å². The Morgan fingerprint density at radius 1 is 1.33 bits per heavy atom. The summed E-state index contributed by atoms with van der Waals surface area (Å²) in [7, 11) is 1.87. The van der Waals surface area contributed by atoms with Crippen molar-refractivity contribution < 1.29 is 14.6 Å². The molecular formula is C16H24N2O3. The molecule has 5 nitrogen and oxygen atoms in total. The number of amides is 1. The van der Waals surface area contributed by atoms with Gasteiger partial charge in [-0.1, -0.05) is 30.3 Å². The molecule has 2 unspecified atom stereocenters. The molecule has 1 amide bonds. The van der Waals surface area contributed by atoms with Crippen LogP contribution < -0.4 is 0 Å². The maximum atomic E-state index is 12.2. The number of carbonyl (C=O) groups is 1. The van der Waals surface area contributed by atoms with E-state index in [9.17, 15) is 9.90 Å². The van der Waals surface area contributed by atoms with Gasteiger partial charge in [0.05, 0.1) is 25.9 Å². The summed E-state index contributed by atoms with van der Waals surface area (Å²) in [5.41, 5.74) is 0.871. The first-order chi connectivity index (χ1) is 10.1. The van der Waals surface area contributed by atoms with Crippen LogP contribution in [0.15, 0.2) is 30.3 Å². The monoisotopic (exact) mass is 292 g/mol. The van der Waals surface area contributed by atoms with E-state index in [1.165, 1.54) is 0 Å². The van der Waals surface area contributed by atoms with E-state index in [1.54, 1.807) is 0 Å². The molecule has 1 heterocycles. The van der Waals surface area contributed by atoms with E-state index in [-0.39, 0.29) is 11.9 Å². The molecule has 0 aromatic heterocycles. The van der Waals surface area contributed by atoms with Crippen molar-refractivity contribution in [1.29, 1.82) is 0 Å². The first-order valence-electron chi connectivity index (χ1n) is 7.38. The van der Waals surface area contributed by atoms with E-state index in [2.05, 4.69) is 0 Å². The van der Waals surface area contributed by atoms with Gasteiger partial charge in [0.25, 0.3) is 0 Å². The van der Waals surface area contributed by atoms with Crippen LogP contribution in [0.3, 0.4) is 0 Å². The van der Waals surface area contributed by atoms with E-state index in [1.807, 2.05) is 54.1 Å². The number of morpholine rings is 1. The van der Waals surface area contributed by atoms with E-state index < -0.39 is 6.10 Å². The van der Waals surface area contributed by atoms with Gasteiger partial charge in [-0.2, -0.15) is 0 Å². The van der Waals surface area contributed by atoms with Gasteiger partial charge in [0.15, 0.2) is 0 Å². The first kappa shape index (κ1) is 15.9. The van der Waals surface area contributed by atoms with E-state index >= 15 is 0 Å². The summed E-state index contributed by atoms with van der Waals surface area (Å²) >= 11 is 0. The number of aliphatic hydroxyl groups excluding tert-OH is 1. The van der Waals surface area contributed by atoms with Crippen molar-refractivity contribution in [2.24, 2.45) is 0 Å². The molecule has 1 aromatic carbocycles. The predicted molar refractivity (Wildman–Crippen MR) is 80.9 cm³/mol. The minimum atomic E-state index is -0.603. The van der Waals surface area contributed by atoms with E-state index in [4.69, 9.17) is 4.74 Å². The van der Waals surface area contributed by atoms with Gasteiger partial charge < -0.3 is 14.7 Å². The number of hydrogen-bond donors (Lipinski definition) is 1. The predicted octanol–water partition coefficient (Wildman–Crippen LogP) is 0.899. The van der Waals surface area contributed by atoms with Crippen molar-refractivity contribution in [2.75, 3.05) is 39.9 Å². The Morgan fingerprint density at radius 3 is 2.57 bits per heavy atom. The second-order valence-electron chi connectivity index (χ2n) is 5.50. The summed E-state index contributed by atoms with van der Waals surface area (Å²) in [4.78, 5) is 15.9. The van der Waals surface area contributed by atoms with E-state index in [0.717, 1.165) is 5.56 Å². The highest BCUT2D eigenvalue weighted by molar-refractivity contribution is 5.78. The molecule has 5 heteroatoms. The number of carbonyl (C=O) groups excluding carboxylic acids is 1. The standard InChI is InChI=1S/C16H24N2O3/c1-13(16(20)14-6-4-3-5-7-14)17(2)12-15(19)18-8-10-21-11-9-18/h3-7,13,16,20H,8-12H2,1-2H3. The van der Waals surface area contributed by atoms with Crippen LogP contribution in [0.5, 0.6) is 0 Å². The second kappa shape index (κ2) is 7.54. The van der Waals surface area contributed by atoms with Crippen molar-refractivity contribution >= 4 is 5.91 Å². The van der Waals surface area contributed by atoms with Crippen LogP contribution in [-0.4, -0.2) is 66.8 Å². The summed E-state index contributed by atoms with van der Waals surface area (Å²) in [5.74, 6) is 0.0907. The number of ether oxygens (including phenoxy) is 1. The minimum Gasteiger partial charge on any atom is -0.387 e. The lowest BCUT2D eigenvalue weighted by atomic mass is 10.0.